The minimum Gasteiger partial charge on any atom is -0.383 e. The van der Waals surface area contributed by atoms with E-state index >= 15 is 0 Å². The molecule has 1 aliphatic rings. The van der Waals surface area contributed by atoms with E-state index in [4.69, 9.17) is 4.74 Å². The van der Waals surface area contributed by atoms with Crippen LogP contribution in [-0.2, 0) is 32.5 Å². The molecule has 0 spiro atoms. The first-order valence-corrected chi connectivity index (χ1v) is 12.0. The second kappa shape index (κ2) is 10.2. The van der Waals surface area contributed by atoms with Gasteiger partial charge in [-0.25, -0.2) is 13.1 Å². The summed E-state index contributed by atoms with van der Waals surface area (Å²) in [6.07, 6.45) is 1.06. The molecule has 0 radical (unpaired) electrons. The Balaban J connectivity index is 1.51. The van der Waals surface area contributed by atoms with Crippen LogP contribution in [0.2, 0.25) is 0 Å². The molecule has 1 aliphatic heterocycles. The molecule has 2 aromatic rings. The number of carbonyl (C=O) groups excluding carboxylic acids is 2. The van der Waals surface area contributed by atoms with Crippen molar-refractivity contribution in [3.63, 3.8) is 0 Å². The smallest absolute Gasteiger partial charge is 0.251 e. The van der Waals surface area contributed by atoms with E-state index in [1.54, 1.807) is 16.2 Å². The van der Waals surface area contributed by atoms with Crippen LogP contribution in [0.5, 0.6) is 0 Å². The van der Waals surface area contributed by atoms with Crippen LogP contribution >= 0.6 is 11.3 Å². The first-order valence-electron chi connectivity index (χ1n) is 9.60. The zero-order valence-electron chi connectivity index (χ0n) is 16.7. The Labute approximate surface area is 180 Å². The highest BCUT2D eigenvalue weighted by Gasteiger charge is 2.21. The van der Waals surface area contributed by atoms with Gasteiger partial charge in [-0.1, -0.05) is 6.07 Å². The SMILES string of the molecule is COCCNS(=O)(=O)c1cccc(C(=O)NCCC(=O)N2CCc3sccc3C2)c1. The lowest BCUT2D eigenvalue weighted by Crippen LogP contribution is -2.37. The van der Waals surface area contributed by atoms with Gasteiger partial charge < -0.3 is 15.0 Å². The van der Waals surface area contributed by atoms with E-state index in [0.717, 1.165) is 6.42 Å². The van der Waals surface area contributed by atoms with Gasteiger partial charge in [-0.2, -0.15) is 0 Å². The van der Waals surface area contributed by atoms with E-state index in [0.29, 0.717) is 13.1 Å². The molecule has 0 unspecified atom stereocenters. The van der Waals surface area contributed by atoms with Crippen molar-refractivity contribution < 1.29 is 22.7 Å². The number of carbonyl (C=O) groups is 2. The number of methoxy groups -OCH3 is 1. The van der Waals surface area contributed by atoms with Crippen molar-refractivity contribution in [1.82, 2.24) is 14.9 Å². The van der Waals surface area contributed by atoms with Gasteiger partial charge in [0.1, 0.15) is 0 Å². The van der Waals surface area contributed by atoms with Crippen molar-refractivity contribution >= 4 is 33.2 Å². The zero-order chi connectivity index (χ0) is 21.6. The zero-order valence-corrected chi connectivity index (χ0v) is 18.4. The van der Waals surface area contributed by atoms with Gasteiger partial charge in [0.05, 0.1) is 11.5 Å². The van der Waals surface area contributed by atoms with Gasteiger partial charge in [0.15, 0.2) is 0 Å². The number of rotatable bonds is 9. The molecular weight excluding hydrogens is 426 g/mol. The molecule has 2 heterocycles. The monoisotopic (exact) mass is 451 g/mol. The molecule has 1 aromatic heterocycles. The Morgan fingerprint density at radius 1 is 1.23 bits per heavy atom. The number of nitrogens with one attached hydrogen (secondary N) is 2. The number of benzene rings is 1. The van der Waals surface area contributed by atoms with Crippen LogP contribution in [0.1, 0.15) is 27.2 Å². The summed E-state index contributed by atoms with van der Waals surface area (Å²) in [5, 5.41) is 4.74. The van der Waals surface area contributed by atoms with Gasteiger partial charge in [-0.05, 0) is 41.6 Å². The van der Waals surface area contributed by atoms with Crippen LogP contribution < -0.4 is 10.0 Å². The summed E-state index contributed by atoms with van der Waals surface area (Å²) < 4.78 is 31.8. The molecule has 30 heavy (non-hydrogen) atoms. The second-order valence-electron chi connectivity index (χ2n) is 6.86. The maximum Gasteiger partial charge on any atom is 0.251 e. The number of thiophene rings is 1. The lowest BCUT2D eigenvalue weighted by molar-refractivity contribution is -0.131. The van der Waals surface area contributed by atoms with Crippen molar-refractivity contribution in [2.45, 2.75) is 24.3 Å². The molecule has 0 bridgehead atoms. The molecule has 2 N–H and O–H groups in total. The summed E-state index contributed by atoms with van der Waals surface area (Å²) >= 11 is 1.72. The highest BCUT2D eigenvalue weighted by atomic mass is 32.2. The van der Waals surface area contributed by atoms with Crippen molar-refractivity contribution in [3.8, 4) is 0 Å². The minimum atomic E-state index is -3.73. The molecule has 8 nitrogen and oxygen atoms in total. The first-order chi connectivity index (χ1) is 14.4. The van der Waals surface area contributed by atoms with Gasteiger partial charge in [0, 0.05) is 50.2 Å². The number of nitrogens with zero attached hydrogens (tertiary/aromatic N) is 1. The third kappa shape index (κ3) is 5.66. The molecule has 0 aliphatic carbocycles. The van der Waals surface area contributed by atoms with Crippen molar-refractivity contribution in [1.29, 1.82) is 0 Å². The molecule has 0 saturated heterocycles. The Hall–Kier alpha value is -2.27. The Kier molecular flexibility index (Phi) is 7.59. The van der Waals surface area contributed by atoms with E-state index < -0.39 is 15.9 Å². The molecular formula is C20H25N3O5S2. The third-order valence-electron chi connectivity index (χ3n) is 4.79. The van der Waals surface area contributed by atoms with Gasteiger partial charge in [0.2, 0.25) is 15.9 Å². The number of hydrogen-bond acceptors (Lipinski definition) is 6. The highest BCUT2D eigenvalue weighted by molar-refractivity contribution is 7.89. The summed E-state index contributed by atoms with van der Waals surface area (Å²) in [5.41, 5.74) is 1.42. The lowest BCUT2D eigenvalue weighted by atomic mass is 10.1. The maximum absolute atomic E-state index is 12.4. The quantitative estimate of drug-likeness (QED) is 0.561. The second-order valence-corrected chi connectivity index (χ2v) is 9.63. The normalized spacial score (nSPS) is 13.7. The fraction of sp³-hybridized carbons (Fsp3) is 0.400. The van der Waals surface area contributed by atoms with Crippen molar-refractivity contribution in [2.24, 2.45) is 0 Å². The summed E-state index contributed by atoms with van der Waals surface area (Å²) in [5.74, 6) is -0.429. The van der Waals surface area contributed by atoms with Crippen molar-refractivity contribution in [2.75, 3.05) is 33.4 Å². The van der Waals surface area contributed by atoms with Crippen LogP contribution in [0.15, 0.2) is 40.6 Å². The summed E-state index contributed by atoms with van der Waals surface area (Å²) in [6, 6.07) is 7.83. The van der Waals surface area contributed by atoms with E-state index in [-0.39, 0.29) is 42.5 Å². The fourth-order valence-corrected chi connectivity index (χ4v) is 5.12. The van der Waals surface area contributed by atoms with Crippen LogP contribution in [0.4, 0.5) is 0 Å². The molecule has 0 fully saturated rings. The first kappa shape index (κ1) is 22.4. The lowest BCUT2D eigenvalue weighted by Gasteiger charge is -2.27. The van der Waals surface area contributed by atoms with E-state index in [9.17, 15) is 18.0 Å². The molecule has 162 valence electrons. The fourth-order valence-electron chi connectivity index (χ4n) is 3.17. The summed E-state index contributed by atoms with van der Waals surface area (Å²) in [6.45, 7) is 1.88. The topological polar surface area (TPSA) is 105 Å². The van der Waals surface area contributed by atoms with Crippen molar-refractivity contribution in [3.05, 3.63) is 51.7 Å². The molecule has 0 atom stereocenters. The number of hydrogen-bond donors (Lipinski definition) is 2. The molecule has 0 saturated carbocycles. The average molecular weight is 452 g/mol. The minimum absolute atomic E-state index is 0.00205. The van der Waals surface area contributed by atoms with Gasteiger partial charge in [0.25, 0.3) is 5.91 Å². The number of ether oxygens (including phenoxy) is 1. The van der Waals surface area contributed by atoms with Gasteiger partial charge in [-0.15, -0.1) is 11.3 Å². The van der Waals surface area contributed by atoms with E-state index in [1.165, 1.54) is 41.8 Å². The number of sulfonamides is 1. The average Bonchev–Trinajstić information content (AvgIpc) is 3.21. The van der Waals surface area contributed by atoms with Crippen LogP contribution in [0.3, 0.4) is 0 Å². The number of fused-ring (bicyclic) bond motifs is 1. The van der Waals surface area contributed by atoms with E-state index in [1.807, 2.05) is 11.4 Å². The summed E-state index contributed by atoms with van der Waals surface area (Å²) in [7, 11) is -2.25. The Bertz CT molecular complexity index is 1000. The molecule has 2 amide bonds. The molecule has 10 heteroatoms. The molecule has 3 rings (SSSR count). The third-order valence-corrected chi connectivity index (χ3v) is 7.27. The Morgan fingerprint density at radius 2 is 2.07 bits per heavy atom. The number of amides is 2. The van der Waals surface area contributed by atoms with Crippen LogP contribution in [0, 0.1) is 0 Å². The van der Waals surface area contributed by atoms with E-state index in [2.05, 4.69) is 10.0 Å². The standard InChI is InChI=1S/C20H25N3O5S2/c1-28-11-9-22-30(26,27)17-4-2-3-15(13-17)20(25)21-8-5-19(24)23-10-6-18-16(14-23)7-12-29-18/h2-4,7,12-13,22H,5-6,8-11,14H2,1H3,(H,21,25). The van der Waals surface area contributed by atoms with Gasteiger partial charge >= 0.3 is 0 Å². The predicted octanol–water partition coefficient (Wildman–Crippen LogP) is 1.38. The predicted molar refractivity (Wildman–Crippen MR) is 114 cm³/mol. The van der Waals surface area contributed by atoms with Crippen LogP contribution in [-0.4, -0.2) is 58.5 Å². The largest absolute Gasteiger partial charge is 0.383 e. The summed E-state index contributed by atoms with van der Waals surface area (Å²) in [4.78, 5) is 28.0. The Morgan fingerprint density at radius 3 is 2.87 bits per heavy atom. The highest BCUT2D eigenvalue weighted by Crippen LogP contribution is 2.24. The molecule has 1 aromatic carbocycles. The maximum atomic E-state index is 12.4. The van der Waals surface area contributed by atoms with Crippen LogP contribution in [0.25, 0.3) is 0 Å². The van der Waals surface area contributed by atoms with Gasteiger partial charge in [-0.3, -0.25) is 9.59 Å².